The molecular formula is C19H21ClN2O2. The van der Waals surface area contributed by atoms with E-state index in [9.17, 15) is 9.59 Å². The molecule has 0 unspecified atom stereocenters. The van der Waals surface area contributed by atoms with Crippen LogP contribution in [0, 0.1) is 0 Å². The van der Waals surface area contributed by atoms with E-state index in [1.807, 2.05) is 32.0 Å². The van der Waals surface area contributed by atoms with Gasteiger partial charge in [-0.05, 0) is 43.7 Å². The highest BCUT2D eigenvalue weighted by Gasteiger charge is 2.13. The van der Waals surface area contributed by atoms with Crippen LogP contribution in [0.5, 0.6) is 0 Å². The largest absolute Gasteiger partial charge is 0.339 e. The molecule has 5 heteroatoms. The van der Waals surface area contributed by atoms with Crippen molar-refractivity contribution in [1.29, 1.82) is 0 Å². The Hall–Kier alpha value is -2.33. The number of nitrogens with one attached hydrogen (secondary N) is 1. The third kappa shape index (κ3) is 4.59. The number of halogens is 1. The fourth-order valence-corrected chi connectivity index (χ4v) is 2.65. The number of nitrogens with zero attached hydrogens (tertiary/aromatic N) is 1. The van der Waals surface area contributed by atoms with E-state index in [0.717, 1.165) is 5.56 Å². The lowest BCUT2D eigenvalue weighted by molar-refractivity contribution is -0.115. The van der Waals surface area contributed by atoms with Crippen LogP contribution in [0.15, 0.2) is 48.5 Å². The highest BCUT2D eigenvalue weighted by Crippen LogP contribution is 2.17. The molecule has 0 saturated carbocycles. The van der Waals surface area contributed by atoms with Crippen LogP contribution in [-0.2, 0) is 11.2 Å². The Morgan fingerprint density at radius 2 is 1.75 bits per heavy atom. The van der Waals surface area contributed by atoms with Crippen LogP contribution in [-0.4, -0.2) is 29.8 Å². The molecule has 0 bridgehead atoms. The molecule has 4 nitrogen and oxygen atoms in total. The maximum atomic E-state index is 12.4. The molecule has 0 fully saturated rings. The number of anilines is 1. The van der Waals surface area contributed by atoms with Gasteiger partial charge in [-0.1, -0.05) is 35.9 Å². The second-order valence-corrected chi connectivity index (χ2v) is 5.78. The van der Waals surface area contributed by atoms with Gasteiger partial charge in [-0.3, -0.25) is 9.59 Å². The summed E-state index contributed by atoms with van der Waals surface area (Å²) < 4.78 is 0. The lowest BCUT2D eigenvalue weighted by atomic mass is 10.1. The fourth-order valence-electron chi connectivity index (χ4n) is 2.44. The maximum absolute atomic E-state index is 12.4. The number of rotatable bonds is 6. The highest BCUT2D eigenvalue weighted by atomic mass is 35.5. The first-order chi connectivity index (χ1) is 11.5. The first-order valence-electron chi connectivity index (χ1n) is 7.97. The Morgan fingerprint density at radius 1 is 1.04 bits per heavy atom. The van der Waals surface area contributed by atoms with Gasteiger partial charge in [-0.2, -0.15) is 0 Å². The summed E-state index contributed by atoms with van der Waals surface area (Å²) in [6, 6.07) is 14.2. The molecule has 1 N–H and O–H groups in total. The fraction of sp³-hybridized carbons (Fsp3) is 0.263. The standard InChI is InChI=1S/C19H21ClN2O2/c1-3-22(4-2)19(24)15-9-7-10-16(12-15)21-18(23)13-14-8-5-6-11-17(14)20/h5-12H,3-4,13H2,1-2H3,(H,21,23). The highest BCUT2D eigenvalue weighted by molar-refractivity contribution is 6.31. The summed E-state index contributed by atoms with van der Waals surface area (Å²) >= 11 is 6.07. The normalized spacial score (nSPS) is 10.3. The van der Waals surface area contributed by atoms with Crippen LogP contribution in [0.3, 0.4) is 0 Å². The summed E-state index contributed by atoms with van der Waals surface area (Å²) in [6.45, 7) is 5.18. The molecule has 126 valence electrons. The van der Waals surface area contributed by atoms with Gasteiger partial charge in [0.1, 0.15) is 0 Å². The predicted octanol–water partition coefficient (Wildman–Crippen LogP) is 4.00. The van der Waals surface area contributed by atoms with Crippen LogP contribution < -0.4 is 5.32 Å². The van der Waals surface area contributed by atoms with Gasteiger partial charge in [0.15, 0.2) is 0 Å². The molecule has 2 aromatic rings. The molecule has 2 rings (SSSR count). The Bertz CT molecular complexity index is 727. The zero-order valence-corrected chi connectivity index (χ0v) is 14.6. The van der Waals surface area contributed by atoms with Crippen molar-refractivity contribution in [1.82, 2.24) is 4.90 Å². The van der Waals surface area contributed by atoms with E-state index in [1.165, 1.54) is 0 Å². The van der Waals surface area contributed by atoms with Crippen molar-refractivity contribution < 1.29 is 9.59 Å². The number of amides is 2. The monoisotopic (exact) mass is 344 g/mol. The number of carbonyl (C=O) groups is 2. The molecule has 0 saturated heterocycles. The Labute approximate surface area is 147 Å². The average Bonchev–Trinajstić information content (AvgIpc) is 2.58. The van der Waals surface area contributed by atoms with Crippen molar-refractivity contribution in [3.8, 4) is 0 Å². The quantitative estimate of drug-likeness (QED) is 0.861. The zero-order valence-electron chi connectivity index (χ0n) is 13.9. The van der Waals surface area contributed by atoms with Crippen LogP contribution in [0.2, 0.25) is 5.02 Å². The van der Waals surface area contributed by atoms with Crippen molar-refractivity contribution >= 4 is 29.1 Å². The third-order valence-electron chi connectivity index (χ3n) is 3.75. The Morgan fingerprint density at radius 3 is 2.42 bits per heavy atom. The maximum Gasteiger partial charge on any atom is 0.253 e. The van der Waals surface area contributed by atoms with Crippen LogP contribution >= 0.6 is 11.6 Å². The Balaban J connectivity index is 2.08. The van der Waals surface area contributed by atoms with Crippen molar-refractivity contribution in [3.05, 3.63) is 64.7 Å². The van der Waals surface area contributed by atoms with Gasteiger partial charge in [-0.25, -0.2) is 0 Å². The van der Waals surface area contributed by atoms with E-state index in [-0.39, 0.29) is 18.2 Å². The molecule has 0 aliphatic heterocycles. The van der Waals surface area contributed by atoms with Crippen molar-refractivity contribution in [2.75, 3.05) is 18.4 Å². The second kappa shape index (κ2) is 8.50. The summed E-state index contributed by atoms with van der Waals surface area (Å²) in [5.41, 5.74) is 1.94. The topological polar surface area (TPSA) is 49.4 Å². The summed E-state index contributed by atoms with van der Waals surface area (Å²) in [4.78, 5) is 26.3. The van der Waals surface area contributed by atoms with Crippen LogP contribution in [0.25, 0.3) is 0 Å². The summed E-state index contributed by atoms with van der Waals surface area (Å²) in [7, 11) is 0. The lowest BCUT2D eigenvalue weighted by Gasteiger charge is -2.19. The summed E-state index contributed by atoms with van der Waals surface area (Å²) in [5, 5.41) is 3.39. The van der Waals surface area contributed by atoms with Crippen LogP contribution in [0.4, 0.5) is 5.69 Å². The van der Waals surface area contributed by atoms with Crippen molar-refractivity contribution in [2.24, 2.45) is 0 Å². The number of benzene rings is 2. The smallest absolute Gasteiger partial charge is 0.253 e. The SMILES string of the molecule is CCN(CC)C(=O)c1cccc(NC(=O)Cc2ccccc2Cl)c1. The molecule has 0 heterocycles. The van der Waals surface area contributed by atoms with Gasteiger partial charge in [0.2, 0.25) is 5.91 Å². The molecule has 2 amide bonds. The third-order valence-corrected chi connectivity index (χ3v) is 4.12. The van der Waals surface area contributed by atoms with Gasteiger partial charge < -0.3 is 10.2 Å². The zero-order chi connectivity index (χ0) is 17.5. The lowest BCUT2D eigenvalue weighted by Crippen LogP contribution is -2.30. The predicted molar refractivity (Wildman–Crippen MR) is 97.5 cm³/mol. The number of hydrogen-bond donors (Lipinski definition) is 1. The average molecular weight is 345 g/mol. The minimum Gasteiger partial charge on any atom is -0.339 e. The van der Waals surface area contributed by atoms with Crippen LogP contribution in [0.1, 0.15) is 29.8 Å². The van der Waals surface area contributed by atoms with Gasteiger partial charge in [-0.15, -0.1) is 0 Å². The number of carbonyl (C=O) groups excluding carboxylic acids is 2. The van der Waals surface area contributed by atoms with Gasteiger partial charge in [0.05, 0.1) is 6.42 Å². The van der Waals surface area contributed by atoms with Gasteiger partial charge in [0, 0.05) is 29.4 Å². The molecule has 0 aliphatic rings. The summed E-state index contributed by atoms with van der Waals surface area (Å²) in [6.07, 6.45) is 0.188. The molecule has 24 heavy (non-hydrogen) atoms. The van der Waals surface area contributed by atoms with E-state index in [4.69, 9.17) is 11.6 Å². The molecular weight excluding hydrogens is 324 g/mol. The minimum absolute atomic E-state index is 0.0396. The molecule has 0 spiro atoms. The molecule has 0 aliphatic carbocycles. The van der Waals surface area contributed by atoms with Crippen molar-refractivity contribution in [3.63, 3.8) is 0 Å². The van der Waals surface area contributed by atoms with E-state index < -0.39 is 0 Å². The van der Waals surface area contributed by atoms with Gasteiger partial charge >= 0.3 is 0 Å². The number of hydrogen-bond acceptors (Lipinski definition) is 2. The van der Waals surface area contributed by atoms with Crippen molar-refractivity contribution in [2.45, 2.75) is 20.3 Å². The molecule has 0 aromatic heterocycles. The van der Waals surface area contributed by atoms with E-state index in [1.54, 1.807) is 35.2 Å². The molecule has 0 atom stereocenters. The second-order valence-electron chi connectivity index (χ2n) is 5.37. The molecule has 2 aromatic carbocycles. The first kappa shape index (κ1) is 18.0. The Kier molecular flexibility index (Phi) is 6.38. The van der Waals surface area contributed by atoms with E-state index >= 15 is 0 Å². The van der Waals surface area contributed by atoms with E-state index in [2.05, 4.69) is 5.32 Å². The van der Waals surface area contributed by atoms with Gasteiger partial charge in [0.25, 0.3) is 5.91 Å². The summed E-state index contributed by atoms with van der Waals surface area (Å²) in [5.74, 6) is -0.210. The molecule has 0 radical (unpaired) electrons. The minimum atomic E-state index is -0.171. The van der Waals surface area contributed by atoms with E-state index in [0.29, 0.717) is 29.4 Å². The first-order valence-corrected chi connectivity index (χ1v) is 8.35.